The predicted molar refractivity (Wildman–Crippen MR) is 60.9 cm³/mol. The van der Waals surface area contributed by atoms with E-state index in [1.165, 1.54) is 0 Å². The summed E-state index contributed by atoms with van der Waals surface area (Å²) in [5.74, 6) is -0.218. The van der Waals surface area contributed by atoms with Gasteiger partial charge in [-0.3, -0.25) is 4.79 Å². The average Bonchev–Trinajstić information content (AvgIpc) is 3.11. The smallest absolute Gasteiger partial charge is 0.310 e. The number of epoxide rings is 1. The van der Waals surface area contributed by atoms with Crippen LogP contribution in [0.5, 0.6) is 0 Å². The lowest BCUT2D eigenvalue weighted by Gasteiger charge is -2.05. The molecule has 1 aliphatic heterocycles. The van der Waals surface area contributed by atoms with Crippen LogP contribution in [0.4, 0.5) is 0 Å². The molecule has 2 rings (SSSR count). The average molecular weight is 218 g/mol. The molecule has 0 radical (unpaired) electrons. The minimum Gasteiger partial charge on any atom is -0.463 e. The molecule has 0 N–H and O–H groups in total. The molecule has 1 saturated heterocycles. The van der Waals surface area contributed by atoms with Crippen LogP contribution in [0.3, 0.4) is 0 Å². The zero-order valence-electron chi connectivity index (χ0n) is 9.02. The van der Waals surface area contributed by atoms with Crippen LogP contribution in [0.25, 0.3) is 6.08 Å². The van der Waals surface area contributed by atoms with Gasteiger partial charge in [0.1, 0.15) is 12.7 Å². The van der Waals surface area contributed by atoms with Crippen molar-refractivity contribution in [2.45, 2.75) is 12.5 Å². The second-order valence-corrected chi connectivity index (χ2v) is 3.72. The Morgan fingerprint density at radius 1 is 1.56 bits per heavy atom. The number of carbonyl (C=O) groups excluding carboxylic acids is 1. The summed E-state index contributed by atoms with van der Waals surface area (Å²) in [4.78, 5) is 11.5. The van der Waals surface area contributed by atoms with Crippen molar-refractivity contribution >= 4 is 12.0 Å². The monoisotopic (exact) mass is 218 g/mol. The Kier molecular flexibility index (Phi) is 3.37. The van der Waals surface area contributed by atoms with Crippen molar-refractivity contribution in [3.63, 3.8) is 0 Å². The van der Waals surface area contributed by atoms with Crippen LogP contribution in [0.15, 0.2) is 30.8 Å². The Morgan fingerprint density at radius 3 is 3.00 bits per heavy atom. The molecule has 0 amide bonds. The van der Waals surface area contributed by atoms with Gasteiger partial charge >= 0.3 is 5.97 Å². The van der Waals surface area contributed by atoms with E-state index in [4.69, 9.17) is 9.47 Å². The summed E-state index contributed by atoms with van der Waals surface area (Å²) in [6.45, 7) is 4.79. The number of ether oxygens (including phenoxy) is 2. The van der Waals surface area contributed by atoms with E-state index in [1.807, 2.05) is 24.3 Å². The van der Waals surface area contributed by atoms with E-state index < -0.39 is 0 Å². The van der Waals surface area contributed by atoms with Crippen LogP contribution >= 0.6 is 0 Å². The highest BCUT2D eigenvalue weighted by molar-refractivity contribution is 5.74. The molecule has 0 bridgehead atoms. The number of rotatable bonds is 5. The van der Waals surface area contributed by atoms with Crippen molar-refractivity contribution in [3.8, 4) is 0 Å². The molecular formula is C13H14O3. The zero-order valence-corrected chi connectivity index (χ0v) is 9.02. The first-order chi connectivity index (χ1) is 7.79. The van der Waals surface area contributed by atoms with Crippen LogP contribution in [0.2, 0.25) is 0 Å². The van der Waals surface area contributed by atoms with Crippen LogP contribution in [-0.4, -0.2) is 25.3 Å². The molecule has 1 heterocycles. The minimum atomic E-state index is -0.218. The first kappa shape index (κ1) is 10.9. The molecule has 1 aromatic rings. The molecule has 3 nitrogen and oxygen atoms in total. The Labute approximate surface area is 94.7 Å². The topological polar surface area (TPSA) is 38.8 Å². The normalized spacial score (nSPS) is 17.9. The van der Waals surface area contributed by atoms with Crippen molar-refractivity contribution in [2.75, 3.05) is 13.2 Å². The number of hydrogen-bond acceptors (Lipinski definition) is 3. The van der Waals surface area contributed by atoms with Crippen molar-refractivity contribution in [3.05, 3.63) is 42.0 Å². The molecule has 1 atom stereocenters. The zero-order chi connectivity index (χ0) is 11.4. The number of carbonyl (C=O) groups is 1. The summed E-state index contributed by atoms with van der Waals surface area (Å²) in [5, 5.41) is 0. The van der Waals surface area contributed by atoms with Gasteiger partial charge in [-0.15, -0.1) is 0 Å². The highest BCUT2D eigenvalue weighted by Crippen LogP contribution is 2.13. The van der Waals surface area contributed by atoms with E-state index in [0.717, 1.165) is 11.1 Å². The summed E-state index contributed by atoms with van der Waals surface area (Å²) in [6, 6.07) is 7.66. The van der Waals surface area contributed by atoms with Crippen molar-refractivity contribution < 1.29 is 14.3 Å². The molecule has 1 aromatic carbocycles. The Hall–Kier alpha value is -1.61. The van der Waals surface area contributed by atoms with E-state index in [-0.39, 0.29) is 18.5 Å². The van der Waals surface area contributed by atoms with E-state index in [2.05, 4.69) is 6.58 Å². The lowest BCUT2D eigenvalue weighted by molar-refractivity contribution is -0.143. The SMILES string of the molecule is C=Cc1ccccc1CC(=O)OCC1CO1. The lowest BCUT2D eigenvalue weighted by Crippen LogP contribution is -2.12. The van der Waals surface area contributed by atoms with Gasteiger partial charge in [0.2, 0.25) is 0 Å². The van der Waals surface area contributed by atoms with Crippen LogP contribution < -0.4 is 0 Å². The second kappa shape index (κ2) is 4.94. The highest BCUT2D eigenvalue weighted by Gasteiger charge is 2.24. The summed E-state index contributed by atoms with van der Waals surface area (Å²) in [5.41, 5.74) is 1.92. The maximum absolute atomic E-state index is 11.5. The van der Waals surface area contributed by atoms with E-state index in [1.54, 1.807) is 6.08 Å². The van der Waals surface area contributed by atoms with E-state index in [9.17, 15) is 4.79 Å². The fraction of sp³-hybridized carbons (Fsp3) is 0.308. The fourth-order valence-electron chi connectivity index (χ4n) is 1.45. The van der Waals surface area contributed by atoms with Crippen LogP contribution in [0.1, 0.15) is 11.1 Å². The quantitative estimate of drug-likeness (QED) is 0.559. The number of benzene rings is 1. The van der Waals surface area contributed by atoms with Gasteiger partial charge in [0.25, 0.3) is 0 Å². The molecule has 0 saturated carbocycles. The molecule has 0 aromatic heterocycles. The largest absolute Gasteiger partial charge is 0.463 e. The highest BCUT2D eigenvalue weighted by atomic mass is 16.6. The molecule has 1 aliphatic rings. The molecule has 0 aliphatic carbocycles. The number of esters is 1. The fourth-order valence-corrected chi connectivity index (χ4v) is 1.45. The van der Waals surface area contributed by atoms with Gasteiger partial charge < -0.3 is 9.47 Å². The Balaban J connectivity index is 1.90. The minimum absolute atomic E-state index is 0.124. The summed E-state index contributed by atoms with van der Waals surface area (Å²) < 4.78 is 10.0. The lowest BCUT2D eigenvalue weighted by atomic mass is 10.1. The van der Waals surface area contributed by atoms with Gasteiger partial charge in [-0.25, -0.2) is 0 Å². The molecule has 1 fully saturated rings. The van der Waals surface area contributed by atoms with Gasteiger partial charge in [-0.2, -0.15) is 0 Å². The maximum atomic E-state index is 11.5. The first-order valence-corrected chi connectivity index (χ1v) is 5.27. The third-order valence-corrected chi connectivity index (χ3v) is 2.44. The summed E-state index contributed by atoms with van der Waals surface area (Å²) in [7, 11) is 0. The summed E-state index contributed by atoms with van der Waals surface area (Å²) >= 11 is 0. The predicted octanol–water partition coefficient (Wildman–Crippen LogP) is 1.81. The van der Waals surface area contributed by atoms with Crippen LogP contribution in [0, 0.1) is 0 Å². The van der Waals surface area contributed by atoms with Gasteiger partial charge in [-0.05, 0) is 11.1 Å². The Morgan fingerprint density at radius 2 is 2.31 bits per heavy atom. The van der Waals surface area contributed by atoms with Crippen LogP contribution in [-0.2, 0) is 20.7 Å². The Bertz CT molecular complexity index is 394. The molecule has 3 heteroatoms. The van der Waals surface area contributed by atoms with E-state index in [0.29, 0.717) is 13.2 Å². The van der Waals surface area contributed by atoms with Gasteiger partial charge in [0.15, 0.2) is 0 Å². The van der Waals surface area contributed by atoms with Crippen molar-refractivity contribution in [2.24, 2.45) is 0 Å². The standard InChI is InChI=1S/C13H14O3/c1-2-10-5-3-4-6-11(10)7-13(14)16-9-12-8-15-12/h2-6,12H,1,7-9H2. The van der Waals surface area contributed by atoms with Gasteiger partial charge in [0.05, 0.1) is 13.0 Å². The van der Waals surface area contributed by atoms with E-state index >= 15 is 0 Å². The van der Waals surface area contributed by atoms with Crippen molar-refractivity contribution in [1.82, 2.24) is 0 Å². The number of hydrogen-bond donors (Lipinski definition) is 0. The maximum Gasteiger partial charge on any atom is 0.310 e. The molecule has 16 heavy (non-hydrogen) atoms. The third kappa shape index (κ3) is 2.94. The van der Waals surface area contributed by atoms with Gasteiger partial charge in [-0.1, -0.05) is 36.9 Å². The molecule has 1 unspecified atom stereocenters. The molecular weight excluding hydrogens is 204 g/mol. The summed E-state index contributed by atoms with van der Waals surface area (Å²) in [6.07, 6.45) is 2.15. The first-order valence-electron chi connectivity index (χ1n) is 5.27. The van der Waals surface area contributed by atoms with Crippen molar-refractivity contribution in [1.29, 1.82) is 0 Å². The van der Waals surface area contributed by atoms with Gasteiger partial charge in [0, 0.05) is 0 Å². The second-order valence-electron chi connectivity index (χ2n) is 3.72. The molecule has 0 spiro atoms. The third-order valence-electron chi connectivity index (χ3n) is 2.44. The molecule has 84 valence electrons.